The number of aromatic nitrogens is 4. The van der Waals surface area contributed by atoms with E-state index in [0.717, 1.165) is 5.56 Å². The number of hydrogen-bond acceptors (Lipinski definition) is 5. The molecule has 1 aromatic carbocycles. The quantitative estimate of drug-likeness (QED) is 0.771. The zero-order valence-corrected chi connectivity index (χ0v) is 13.3. The summed E-state index contributed by atoms with van der Waals surface area (Å²) in [6, 6.07) is 7.44. The van der Waals surface area contributed by atoms with Crippen molar-refractivity contribution >= 4 is 11.0 Å². The van der Waals surface area contributed by atoms with E-state index in [1.54, 1.807) is 16.8 Å². The first-order chi connectivity index (χ1) is 10.9. The zero-order valence-electron chi connectivity index (χ0n) is 13.3. The van der Waals surface area contributed by atoms with Gasteiger partial charge in [0.15, 0.2) is 5.65 Å². The van der Waals surface area contributed by atoms with Crippen LogP contribution >= 0.6 is 0 Å². The molecule has 3 rings (SSSR count). The van der Waals surface area contributed by atoms with E-state index in [1.165, 1.54) is 6.20 Å². The van der Waals surface area contributed by atoms with Gasteiger partial charge in [-0.1, -0.05) is 12.1 Å². The van der Waals surface area contributed by atoms with Gasteiger partial charge in [0.05, 0.1) is 11.7 Å². The maximum Gasteiger partial charge on any atom is 0.304 e. The smallest absolute Gasteiger partial charge is 0.304 e. The van der Waals surface area contributed by atoms with Gasteiger partial charge in [-0.05, 0) is 38.5 Å². The molecule has 0 aliphatic heterocycles. The summed E-state index contributed by atoms with van der Waals surface area (Å²) in [6.45, 7) is 6.45. The van der Waals surface area contributed by atoms with Gasteiger partial charge in [0.25, 0.3) is 5.56 Å². The van der Waals surface area contributed by atoms with Crippen molar-refractivity contribution in [2.45, 2.75) is 32.9 Å². The molecule has 120 valence electrons. The van der Waals surface area contributed by atoms with E-state index in [9.17, 15) is 4.79 Å². The van der Waals surface area contributed by atoms with E-state index in [-0.39, 0.29) is 17.1 Å². The molecule has 0 amide bonds. The molecule has 7 nitrogen and oxygen atoms in total. The number of H-pyrrole nitrogens is 1. The Morgan fingerprint density at radius 3 is 2.57 bits per heavy atom. The first-order valence-corrected chi connectivity index (χ1v) is 7.34. The van der Waals surface area contributed by atoms with Crippen molar-refractivity contribution in [1.82, 2.24) is 19.7 Å². The minimum absolute atomic E-state index is 0.133. The monoisotopic (exact) mass is 313 g/mol. The Balaban J connectivity index is 2.02. The molecular weight excluding hydrogens is 294 g/mol. The normalized spacial score (nSPS) is 11.8. The fourth-order valence-electron chi connectivity index (χ4n) is 2.24. The summed E-state index contributed by atoms with van der Waals surface area (Å²) in [6.07, 6.45) is 1.52. The molecule has 2 heterocycles. The maximum absolute atomic E-state index is 12.2. The summed E-state index contributed by atoms with van der Waals surface area (Å²) in [5.41, 5.74) is 6.50. The lowest BCUT2D eigenvalue weighted by Crippen LogP contribution is -2.24. The standard InChI is InChI=1S/C16H19N5O2/c1-16(2,3)21-13-12(9-18-21)14(22)20-15(19-13)23-11-6-4-10(8-17)5-7-11/h4-7,9H,8,17H2,1-3H3,(H,19,20,22). The van der Waals surface area contributed by atoms with Crippen LogP contribution in [0, 0.1) is 0 Å². The predicted octanol–water partition coefficient (Wildman–Crippen LogP) is 2.13. The van der Waals surface area contributed by atoms with E-state index in [2.05, 4.69) is 15.1 Å². The Morgan fingerprint density at radius 1 is 1.26 bits per heavy atom. The minimum atomic E-state index is -0.289. The van der Waals surface area contributed by atoms with Gasteiger partial charge < -0.3 is 10.5 Å². The molecule has 0 unspecified atom stereocenters. The van der Waals surface area contributed by atoms with Gasteiger partial charge in [0.2, 0.25) is 0 Å². The van der Waals surface area contributed by atoms with E-state index < -0.39 is 0 Å². The van der Waals surface area contributed by atoms with Crippen molar-refractivity contribution in [3.05, 3.63) is 46.4 Å². The summed E-state index contributed by atoms with van der Waals surface area (Å²) in [7, 11) is 0. The molecule has 0 aliphatic carbocycles. The molecule has 0 saturated carbocycles. The number of hydrogen-bond donors (Lipinski definition) is 2. The molecular formula is C16H19N5O2. The lowest BCUT2D eigenvalue weighted by molar-refractivity contribution is 0.363. The highest BCUT2D eigenvalue weighted by molar-refractivity contribution is 5.73. The summed E-state index contributed by atoms with van der Waals surface area (Å²) in [5.74, 6) is 0.575. The van der Waals surface area contributed by atoms with Crippen LogP contribution in [0.25, 0.3) is 11.0 Å². The van der Waals surface area contributed by atoms with Crippen LogP contribution in [0.1, 0.15) is 26.3 Å². The molecule has 0 aliphatic rings. The van der Waals surface area contributed by atoms with Crippen LogP contribution in [0.15, 0.2) is 35.3 Å². The second kappa shape index (κ2) is 5.51. The number of benzene rings is 1. The molecule has 0 saturated heterocycles. The number of ether oxygens (including phenoxy) is 1. The van der Waals surface area contributed by atoms with E-state index >= 15 is 0 Å². The molecule has 3 aromatic rings. The topological polar surface area (TPSA) is 98.8 Å². The Kier molecular flexibility index (Phi) is 3.65. The van der Waals surface area contributed by atoms with Gasteiger partial charge in [-0.2, -0.15) is 10.1 Å². The number of nitrogens with two attached hydrogens (primary N) is 1. The number of nitrogens with one attached hydrogen (secondary N) is 1. The summed E-state index contributed by atoms with van der Waals surface area (Å²) >= 11 is 0. The van der Waals surface area contributed by atoms with Crippen molar-refractivity contribution in [1.29, 1.82) is 0 Å². The van der Waals surface area contributed by atoms with Gasteiger partial charge in [-0.3, -0.25) is 9.78 Å². The number of fused-ring (bicyclic) bond motifs is 1. The maximum atomic E-state index is 12.2. The Bertz CT molecular complexity index is 887. The fraction of sp³-hybridized carbons (Fsp3) is 0.312. The average molecular weight is 313 g/mol. The number of rotatable bonds is 3. The molecule has 3 N–H and O–H groups in total. The van der Waals surface area contributed by atoms with E-state index in [0.29, 0.717) is 23.3 Å². The highest BCUT2D eigenvalue weighted by Gasteiger charge is 2.20. The zero-order chi connectivity index (χ0) is 16.6. The Morgan fingerprint density at radius 2 is 1.96 bits per heavy atom. The number of aromatic amines is 1. The van der Waals surface area contributed by atoms with Crippen LogP contribution in [-0.2, 0) is 12.1 Å². The van der Waals surface area contributed by atoms with Crippen molar-refractivity contribution in [3.63, 3.8) is 0 Å². The van der Waals surface area contributed by atoms with Crippen LogP contribution in [0.3, 0.4) is 0 Å². The second-order valence-electron chi connectivity index (χ2n) is 6.29. The van der Waals surface area contributed by atoms with Crippen LogP contribution in [0.4, 0.5) is 0 Å². The van der Waals surface area contributed by atoms with Crippen LogP contribution in [0.2, 0.25) is 0 Å². The molecule has 23 heavy (non-hydrogen) atoms. The van der Waals surface area contributed by atoms with E-state index in [4.69, 9.17) is 10.5 Å². The SMILES string of the molecule is CC(C)(C)n1ncc2c(=O)[nH]c(Oc3ccc(CN)cc3)nc21. The minimum Gasteiger partial charge on any atom is -0.426 e. The highest BCUT2D eigenvalue weighted by atomic mass is 16.5. The number of nitrogens with zero attached hydrogens (tertiary/aromatic N) is 3. The summed E-state index contributed by atoms with van der Waals surface area (Å²) < 4.78 is 7.37. The molecule has 2 aromatic heterocycles. The van der Waals surface area contributed by atoms with Crippen molar-refractivity contribution in [3.8, 4) is 11.8 Å². The van der Waals surface area contributed by atoms with Crippen molar-refractivity contribution in [2.24, 2.45) is 5.73 Å². The van der Waals surface area contributed by atoms with Crippen molar-refractivity contribution in [2.75, 3.05) is 0 Å². The van der Waals surface area contributed by atoms with Gasteiger partial charge in [-0.15, -0.1) is 0 Å². The molecule has 0 spiro atoms. The van der Waals surface area contributed by atoms with Gasteiger partial charge in [0, 0.05) is 6.54 Å². The molecule has 0 fully saturated rings. The van der Waals surface area contributed by atoms with Crippen LogP contribution in [-0.4, -0.2) is 19.7 Å². The fourth-order valence-corrected chi connectivity index (χ4v) is 2.24. The third-order valence-electron chi connectivity index (χ3n) is 3.43. The van der Waals surface area contributed by atoms with Gasteiger partial charge >= 0.3 is 6.01 Å². The van der Waals surface area contributed by atoms with Crippen LogP contribution in [0.5, 0.6) is 11.8 Å². The molecule has 0 radical (unpaired) electrons. The van der Waals surface area contributed by atoms with Crippen molar-refractivity contribution < 1.29 is 4.74 Å². The highest BCUT2D eigenvalue weighted by Crippen LogP contribution is 2.22. The third-order valence-corrected chi connectivity index (χ3v) is 3.43. The molecule has 7 heteroatoms. The summed E-state index contributed by atoms with van der Waals surface area (Å²) in [4.78, 5) is 19.2. The molecule has 0 bridgehead atoms. The van der Waals surface area contributed by atoms with E-state index in [1.807, 2.05) is 32.9 Å². The Hall–Kier alpha value is -2.67. The van der Waals surface area contributed by atoms with Crippen LogP contribution < -0.4 is 16.0 Å². The predicted molar refractivity (Wildman–Crippen MR) is 87.6 cm³/mol. The van der Waals surface area contributed by atoms with Gasteiger partial charge in [0.1, 0.15) is 11.1 Å². The largest absolute Gasteiger partial charge is 0.426 e. The third kappa shape index (κ3) is 2.95. The molecule has 0 atom stereocenters. The second-order valence-corrected chi connectivity index (χ2v) is 6.29. The lowest BCUT2D eigenvalue weighted by Gasteiger charge is -2.19. The summed E-state index contributed by atoms with van der Waals surface area (Å²) in [5, 5.41) is 4.70. The lowest BCUT2D eigenvalue weighted by atomic mass is 10.1. The first-order valence-electron chi connectivity index (χ1n) is 7.34. The first kappa shape index (κ1) is 15.2. The average Bonchev–Trinajstić information content (AvgIpc) is 2.92. The van der Waals surface area contributed by atoms with Gasteiger partial charge in [-0.25, -0.2) is 4.68 Å². The Labute approximate surface area is 133 Å².